The van der Waals surface area contributed by atoms with Crippen molar-refractivity contribution in [2.75, 3.05) is 19.5 Å². The minimum atomic E-state index is -0.533. The highest BCUT2D eigenvalue weighted by Crippen LogP contribution is 2.33. The van der Waals surface area contributed by atoms with Crippen molar-refractivity contribution in [3.05, 3.63) is 71.4 Å². The van der Waals surface area contributed by atoms with E-state index >= 15 is 0 Å². The molecule has 4 rings (SSSR count). The van der Waals surface area contributed by atoms with Gasteiger partial charge in [0.2, 0.25) is 0 Å². The van der Waals surface area contributed by atoms with Crippen LogP contribution in [-0.4, -0.2) is 52.0 Å². The van der Waals surface area contributed by atoms with Crippen LogP contribution in [0.2, 0.25) is 0 Å². The molecule has 0 N–H and O–H groups in total. The Balaban J connectivity index is 1.40. The highest BCUT2D eigenvalue weighted by atomic mass is 32.2. The summed E-state index contributed by atoms with van der Waals surface area (Å²) in [4.78, 5) is 33.7. The summed E-state index contributed by atoms with van der Waals surface area (Å²) in [6, 6.07) is 12.4. The van der Waals surface area contributed by atoms with Crippen LogP contribution in [0.5, 0.6) is 5.75 Å². The van der Waals surface area contributed by atoms with E-state index in [1.165, 1.54) is 16.8 Å². The molecule has 1 aliphatic rings. The van der Waals surface area contributed by atoms with Crippen LogP contribution < -0.4 is 4.74 Å². The SMILES string of the molecule is COc1ccc(C2=NN(C(=O)COC(=O)CSc3nc(C)cc(C)n3)C(c3ccco3)C2)cc1. The molecule has 9 nitrogen and oxygen atoms in total. The Bertz CT molecular complexity index is 1170. The predicted molar refractivity (Wildman–Crippen MR) is 126 cm³/mol. The van der Waals surface area contributed by atoms with Gasteiger partial charge in [0.25, 0.3) is 5.91 Å². The summed E-state index contributed by atoms with van der Waals surface area (Å²) in [6.07, 6.45) is 2.02. The Morgan fingerprint density at radius 2 is 1.88 bits per heavy atom. The highest BCUT2D eigenvalue weighted by molar-refractivity contribution is 7.99. The van der Waals surface area contributed by atoms with Crippen LogP contribution in [0.25, 0.3) is 0 Å². The number of ether oxygens (including phenoxy) is 2. The number of hydrogen-bond acceptors (Lipinski definition) is 9. The number of hydrogen-bond donors (Lipinski definition) is 0. The Hall–Kier alpha value is -3.66. The maximum atomic E-state index is 12.9. The van der Waals surface area contributed by atoms with Gasteiger partial charge in [-0.3, -0.25) is 9.59 Å². The molecule has 1 aromatic carbocycles. The standard InChI is InChI=1S/C24H24N4O5S/c1-15-11-16(2)26-24(25-15)34-14-23(30)33-13-22(29)28-20(21-5-4-10-32-21)12-19(27-28)17-6-8-18(31-3)9-7-17/h4-11,20H,12-14H2,1-3H3. The Morgan fingerprint density at radius 1 is 1.15 bits per heavy atom. The van der Waals surface area contributed by atoms with Gasteiger partial charge in [-0.05, 0) is 61.9 Å². The number of carbonyl (C=O) groups is 2. The molecular weight excluding hydrogens is 456 g/mol. The van der Waals surface area contributed by atoms with Gasteiger partial charge < -0.3 is 13.9 Å². The molecule has 3 heterocycles. The van der Waals surface area contributed by atoms with E-state index in [1.54, 1.807) is 25.5 Å². The first-order valence-electron chi connectivity index (χ1n) is 10.6. The Kier molecular flexibility index (Phi) is 7.27. The number of carbonyl (C=O) groups excluding carboxylic acids is 2. The topological polar surface area (TPSA) is 107 Å². The molecular formula is C24H24N4O5S. The van der Waals surface area contributed by atoms with Crippen molar-refractivity contribution >= 4 is 29.4 Å². The van der Waals surface area contributed by atoms with Crippen molar-refractivity contribution in [1.29, 1.82) is 0 Å². The van der Waals surface area contributed by atoms with Gasteiger partial charge in [0.1, 0.15) is 17.6 Å². The van der Waals surface area contributed by atoms with Gasteiger partial charge in [-0.15, -0.1) is 0 Å². The molecule has 3 aromatic rings. The average Bonchev–Trinajstić information content (AvgIpc) is 3.51. The second-order valence-corrected chi connectivity index (χ2v) is 8.57. The van der Waals surface area contributed by atoms with Gasteiger partial charge in [-0.1, -0.05) is 11.8 Å². The maximum Gasteiger partial charge on any atom is 0.316 e. The number of amides is 1. The molecule has 1 atom stereocenters. The fraction of sp³-hybridized carbons (Fsp3) is 0.292. The third-order valence-electron chi connectivity index (χ3n) is 5.10. The van der Waals surface area contributed by atoms with Crippen molar-refractivity contribution in [3.63, 3.8) is 0 Å². The summed E-state index contributed by atoms with van der Waals surface area (Å²) >= 11 is 1.17. The number of nitrogens with zero attached hydrogens (tertiary/aromatic N) is 4. The van der Waals surface area contributed by atoms with Crippen LogP contribution in [0.3, 0.4) is 0 Å². The summed E-state index contributed by atoms with van der Waals surface area (Å²) in [5, 5.41) is 6.34. The fourth-order valence-corrected chi connectivity index (χ4v) is 4.28. The lowest BCUT2D eigenvalue weighted by molar-refractivity contribution is -0.150. The normalized spacial score (nSPS) is 15.2. The molecule has 1 aliphatic heterocycles. The second kappa shape index (κ2) is 10.5. The number of rotatable bonds is 8. The third kappa shape index (κ3) is 5.63. The van der Waals surface area contributed by atoms with Crippen LogP contribution in [0.15, 0.2) is 63.4 Å². The number of aromatic nitrogens is 2. The van der Waals surface area contributed by atoms with Crippen molar-refractivity contribution < 1.29 is 23.5 Å². The lowest BCUT2D eigenvalue weighted by atomic mass is 10.0. The molecule has 1 amide bonds. The Morgan fingerprint density at radius 3 is 2.53 bits per heavy atom. The highest BCUT2D eigenvalue weighted by Gasteiger charge is 2.35. The van der Waals surface area contributed by atoms with Crippen LogP contribution in [-0.2, 0) is 14.3 Å². The van der Waals surface area contributed by atoms with Crippen molar-refractivity contribution in [3.8, 4) is 5.75 Å². The van der Waals surface area contributed by atoms with Crippen LogP contribution in [0.4, 0.5) is 0 Å². The lowest BCUT2D eigenvalue weighted by Crippen LogP contribution is -2.31. The summed E-state index contributed by atoms with van der Waals surface area (Å²) in [5.74, 6) is 0.362. The number of thioether (sulfide) groups is 1. The van der Waals surface area contributed by atoms with Gasteiger partial charge in [0.15, 0.2) is 11.8 Å². The zero-order valence-electron chi connectivity index (χ0n) is 19.1. The minimum Gasteiger partial charge on any atom is -0.497 e. The number of methoxy groups -OCH3 is 1. The number of aryl methyl sites for hydroxylation is 2. The van der Waals surface area contributed by atoms with E-state index in [0.29, 0.717) is 17.3 Å². The van der Waals surface area contributed by atoms with Crippen molar-refractivity contribution in [2.24, 2.45) is 5.10 Å². The molecule has 176 valence electrons. The summed E-state index contributed by atoms with van der Waals surface area (Å²) in [6.45, 7) is 3.30. The van der Waals surface area contributed by atoms with Gasteiger partial charge in [-0.25, -0.2) is 15.0 Å². The van der Waals surface area contributed by atoms with Gasteiger partial charge >= 0.3 is 5.97 Å². The van der Waals surface area contributed by atoms with E-state index in [1.807, 2.05) is 44.2 Å². The molecule has 0 radical (unpaired) electrons. The number of furan rings is 1. The quantitative estimate of drug-likeness (QED) is 0.273. The van der Waals surface area contributed by atoms with Crippen LogP contribution >= 0.6 is 11.8 Å². The number of hydrazone groups is 1. The van der Waals surface area contributed by atoms with Gasteiger partial charge in [0, 0.05) is 17.8 Å². The molecule has 1 unspecified atom stereocenters. The average molecular weight is 481 g/mol. The number of benzene rings is 1. The van der Waals surface area contributed by atoms with E-state index in [4.69, 9.17) is 13.9 Å². The van der Waals surface area contributed by atoms with E-state index < -0.39 is 24.5 Å². The molecule has 10 heteroatoms. The van der Waals surface area contributed by atoms with E-state index in [9.17, 15) is 9.59 Å². The lowest BCUT2D eigenvalue weighted by Gasteiger charge is -2.19. The molecule has 0 fully saturated rings. The minimum absolute atomic E-state index is 0.00183. The zero-order chi connectivity index (χ0) is 24.1. The predicted octanol–water partition coefficient (Wildman–Crippen LogP) is 3.71. The van der Waals surface area contributed by atoms with E-state index in [2.05, 4.69) is 15.1 Å². The van der Waals surface area contributed by atoms with Crippen molar-refractivity contribution in [1.82, 2.24) is 15.0 Å². The zero-order valence-corrected chi connectivity index (χ0v) is 19.9. The first-order valence-corrected chi connectivity index (χ1v) is 11.6. The van der Waals surface area contributed by atoms with Gasteiger partial charge in [-0.2, -0.15) is 5.10 Å². The third-order valence-corrected chi connectivity index (χ3v) is 5.92. The first kappa shape index (κ1) is 23.5. The summed E-state index contributed by atoms with van der Waals surface area (Å²) in [5.41, 5.74) is 3.24. The Labute approximate surface area is 201 Å². The molecule has 2 aromatic heterocycles. The second-order valence-electron chi connectivity index (χ2n) is 7.63. The fourth-order valence-electron chi connectivity index (χ4n) is 3.53. The molecule has 0 spiro atoms. The maximum absolute atomic E-state index is 12.9. The van der Waals surface area contributed by atoms with Crippen molar-refractivity contribution in [2.45, 2.75) is 31.5 Å². The van der Waals surface area contributed by atoms with E-state index in [-0.39, 0.29) is 5.75 Å². The monoisotopic (exact) mass is 480 g/mol. The number of esters is 1. The molecule has 0 bridgehead atoms. The smallest absolute Gasteiger partial charge is 0.316 e. The molecule has 0 aliphatic carbocycles. The summed E-state index contributed by atoms with van der Waals surface area (Å²) in [7, 11) is 1.60. The van der Waals surface area contributed by atoms with Crippen LogP contribution in [0, 0.1) is 13.8 Å². The molecule has 0 saturated carbocycles. The summed E-state index contributed by atoms with van der Waals surface area (Å²) < 4.78 is 16.0. The molecule has 0 saturated heterocycles. The van der Waals surface area contributed by atoms with Gasteiger partial charge in [0.05, 0.1) is 24.8 Å². The first-order chi connectivity index (χ1) is 16.4. The van der Waals surface area contributed by atoms with E-state index in [0.717, 1.165) is 28.4 Å². The molecule has 34 heavy (non-hydrogen) atoms. The van der Waals surface area contributed by atoms with Crippen LogP contribution in [0.1, 0.15) is 35.2 Å². The largest absolute Gasteiger partial charge is 0.497 e.